The van der Waals surface area contributed by atoms with Crippen LogP contribution in [0.15, 0.2) is 6.07 Å². The number of amides is 1. The summed E-state index contributed by atoms with van der Waals surface area (Å²) in [6, 6.07) is 2.12. The van der Waals surface area contributed by atoms with Gasteiger partial charge in [0.25, 0.3) is 0 Å². The molecule has 136 valence electrons. The molecule has 8 nitrogen and oxygen atoms in total. The SMILES string of the molecule is Cc1nnc2n1CCN(C(=O)CCc1cc3n(n1)CCNC3)CC2.Cl. The third-order valence-corrected chi connectivity index (χ3v) is 4.88. The smallest absolute Gasteiger partial charge is 0.223 e. The highest BCUT2D eigenvalue weighted by Crippen LogP contribution is 2.13. The highest BCUT2D eigenvalue weighted by molar-refractivity contribution is 5.85. The summed E-state index contributed by atoms with van der Waals surface area (Å²) in [5, 5.41) is 16.3. The second kappa shape index (κ2) is 7.53. The molecule has 0 fully saturated rings. The monoisotopic (exact) mass is 365 g/mol. The molecule has 1 N–H and O–H groups in total. The minimum atomic E-state index is 0. The Morgan fingerprint density at radius 1 is 1.24 bits per heavy atom. The molecule has 0 aliphatic carbocycles. The fraction of sp³-hybridized carbons (Fsp3) is 0.625. The number of fused-ring (bicyclic) bond motifs is 2. The third kappa shape index (κ3) is 3.69. The lowest BCUT2D eigenvalue weighted by Crippen LogP contribution is -2.33. The van der Waals surface area contributed by atoms with Crippen LogP contribution in [0.2, 0.25) is 0 Å². The van der Waals surface area contributed by atoms with Gasteiger partial charge in [-0.2, -0.15) is 5.10 Å². The molecular formula is C16H24ClN7O. The first kappa shape index (κ1) is 17.9. The predicted molar refractivity (Wildman–Crippen MR) is 94.5 cm³/mol. The summed E-state index contributed by atoms with van der Waals surface area (Å²) in [4.78, 5) is 14.5. The molecule has 0 saturated carbocycles. The Hall–Kier alpha value is -1.93. The zero-order chi connectivity index (χ0) is 16.5. The molecule has 0 aromatic carbocycles. The van der Waals surface area contributed by atoms with Gasteiger partial charge in [0.2, 0.25) is 5.91 Å². The molecule has 0 atom stereocenters. The number of hydrogen-bond acceptors (Lipinski definition) is 5. The lowest BCUT2D eigenvalue weighted by Gasteiger charge is -2.19. The number of carbonyl (C=O) groups is 1. The van der Waals surface area contributed by atoms with Crippen LogP contribution in [-0.4, -0.2) is 55.0 Å². The molecule has 0 unspecified atom stereocenters. The van der Waals surface area contributed by atoms with Gasteiger partial charge in [-0.25, -0.2) is 0 Å². The van der Waals surface area contributed by atoms with E-state index in [0.29, 0.717) is 12.8 Å². The molecule has 0 bridgehead atoms. The summed E-state index contributed by atoms with van der Waals surface area (Å²) >= 11 is 0. The molecule has 4 heterocycles. The van der Waals surface area contributed by atoms with E-state index in [1.165, 1.54) is 5.69 Å². The second-order valence-corrected chi connectivity index (χ2v) is 6.47. The van der Waals surface area contributed by atoms with Gasteiger partial charge in [-0.3, -0.25) is 9.48 Å². The fourth-order valence-corrected chi connectivity index (χ4v) is 3.49. The zero-order valence-corrected chi connectivity index (χ0v) is 15.3. The van der Waals surface area contributed by atoms with Crippen LogP contribution in [0, 0.1) is 6.92 Å². The molecule has 0 radical (unpaired) electrons. The van der Waals surface area contributed by atoms with E-state index >= 15 is 0 Å². The van der Waals surface area contributed by atoms with Crippen molar-refractivity contribution in [1.29, 1.82) is 0 Å². The zero-order valence-electron chi connectivity index (χ0n) is 14.4. The Kier molecular flexibility index (Phi) is 5.39. The molecule has 0 saturated heterocycles. The van der Waals surface area contributed by atoms with Crippen LogP contribution < -0.4 is 5.32 Å². The van der Waals surface area contributed by atoms with Gasteiger partial charge in [-0.05, 0) is 13.0 Å². The predicted octanol–water partition coefficient (Wildman–Crippen LogP) is 0.326. The fourth-order valence-electron chi connectivity index (χ4n) is 3.49. The highest BCUT2D eigenvalue weighted by Gasteiger charge is 2.21. The third-order valence-electron chi connectivity index (χ3n) is 4.88. The standard InChI is InChI=1S/C16H23N7O.ClH/c1-12-18-19-15-4-6-21(8-9-22(12)15)16(24)3-2-13-10-14-11-17-5-7-23(14)20-13;/h10,17H,2-9,11H2,1H3;1H. The second-order valence-electron chi connectivity index (χ2n) is 6.47. The molecule has 9 heteroatoms. The lowest BCUT2D eigenvalue weighted by atomic mass is 10.2. The van der Waals surface area contributed by atoms with E-state index in [-0.39, 0.29) is 18.3 Å². The number of aryl methyl sites for hydroxylation is 2. The summed E-state index contributed by atoms with van der Waals surface area (Å²) < 4.78 is 4.17. The maximum atomic E-state index is 12.6. The van der Waals surface area contributed by atoms with E-state index in [9.17, 15) is 4.79 Å². The normalized spacial score (nSPS) is 16.6. The number of hydrogen-bond donors (Lipinski definition) is 1. The Morgan fingerprint density at radius 2 is 2.12 bits per heavy atom. The molecule has 1 amide bonds. The van der Waals surface area contributed by atoms with Gasteiger partial charge in [0.1, 0.15) is 11.6 Å². The van der Waals surface area contributed by atoms with Gasteiger partial charge in [0.15, 0.2) is 0 Å². The Labute approximate surface area is 153 Å². The van der Waals surface area contributed by atoms with Crippen molar-refractivity contribution in [1.82, 2.24) is 34.8 Å². The quantitative estimate of drug-likeness (QED) is 0.847. The lowest BCUT2D eigenvalue weighted by molar-refractivity contribution is -0.131. The topological polar surface area (TPSA) is 80.9 Å². The molecule has 25 heavy (non-hydrogen) atoms. The van der Waals surface area contributed by atoms with E-state index < -0.39 is 0 Å². The van der Waals surface area contributed by atoms with E-state index in [1.807, 2.05) is 11.8 Å². The van der Waals surface area contributed by atoms with Gasteiger partial charge in [0.05, 0.1) is 17.9 Å². The minimum Gasteiger partial charge on any atom is -0.340 e. The van der Waals surface area contributed by atoms with Crippen LogP contribution in [0.1, 0.15) is 29.5 Å². The summed E-state index contributed by atoms with van der Waals surface area (Å²) in [5.41, 5.74) is 2.23. The number of aromatic nitrogens is 5. The largest absolute Gasteiger partial charge is 0.340 e. The van der Waals surface area contributed by atoms with Crippen molar-refractivity contribution < 1.29 is 4.79 Å². The van der Waals surface area contributed by atoms with Crippen molar-refractivity contribution in [2.75, 3.05) is 19.6 Å². The van der Waals surface area contributed by atoms with Crippen molar-refractivity contribution in [3.8, 4) is 0 Å². The molecule has 4 rings (SSSR count). The summed E-state index contributed by atoms with van der Waals surface area (Å²) in [7, 11) is 0. The average molecular weight is 366 g/mol. The molecular weight excluding hydrogens is 342 g/mol. The van der Waals surface area contributed by atoms with Crippen LogP contribution in [0.5, 0.6) is 0 Å². The number of nitrogens with zero attached hydrogens (tertiary/aromatic N) is 6. The molecule has 0 spiro atoms. The van der Waals surface area contributed by atoms with Crippen LogP contribution in [0.3, 0.4) is 0 Å². The van der Waals surface area contributed by atoms with E-state index in [0.717, 1.165) is 63.0 Å². The number of rotatable bonds is 3. The Balaban J connectivity index is 0.00000182. The Bertz CT molecular complexity index is 730. The molecule has 2 aliphatic heterocycles. The van der Waals surface area contributed by atoms with E-state index in [2.05, 4.69) is 35.9 Å². The minimum absolute atomic E-state index is 0. The van der Waals surface area contributed by atoms with Gasteiger partial charge in [-0.1, -0.05) is 0 Å². The van der Waals surface area contributed by atoms with Crippen LogP contribution in [-0.2, 0) is 37.3 Å². The van der Waals surface area contributed by atoms with Crippen molar-refractivity contribution in [2.45, 2.75) is 45.8 Å². The maximum absolute atomic E-state index is 12.6. The average Bonchev–Trinajstić information content (AvgIpc) is 3.09. The van der Waals surface area contributed by atoms with Crippen molar-refractivity contribution in [3.05, 3.63) is 29.1 Å². The number of carbonyl (C=O) groups excluding carboxylic acids is 1. The summed E-state index contributed by atoms with van der Waals surface area (Å²) in [6.07, 6.45) is 2.00. The maximum Gasteiger partial charge on any atom is 0.223 e. The van der Waals surface area contributed by atoms with E-state index in [1.54, 1.807) is 0 Å². The first-order valence-corrected chi connectivity index (χ1v) is 8.63. The first-order valence-electron chi connectivity index (χ1n) is 8.63. The number of nitrogens with one attached hydrogen (secondary N) is 1. The van der Waals surface area contributed by atoms with Crippen molar-refractivity contribution in [3.63, 3.8) is 0 Å². The van der Waals surface area contributed by atoms with Crippen LogP contribution >= 0.6 is 12.4 Å². The summed E-state index contributed by atoms with van der Waals surface area (Å²) in [6.45, 7) is 6.94. The number of halogens is 1. The van der Waals surface area contributed by atoms with Crippen molar-refractivity contribution >= 4 is 18.3 Å². The van der Waals surface area contributed by atoms with E-state index in [4.69, 9.17) is 0 Å². The van der Waals surface area contributed by atoms with Gasteiger partial charge in [-0.15, -0.1) is 22.6 Å². The first-order chi connectivity index (χ1) is 11.7. The molecule has 2 aromatic rings. The van der Waals surface area contributed by atoms with Gasteiger partial charge < -0.3 is 14.8 Å². The van der Waals surface area contributed by atoms with Crippen molar-refractivity contribution in [2.24, 2.45) is 0 Å². The van der Waals surface area contributed by atoms with Gasteiger partial charge in [0, 0.05) is 52.0 Å². The van der Waals surface area contributed by atoms with Crippen LogP contribution in [0.4, 0.5) is 0 Å². The van der Waals surface area contributed by atoms with Crippen LogP contribution in [0.25, 0.3) is 0 Å². The molecule has 2 aliphatic rings. The molecule has 2 aromatic heterocycles. The Morgan fingerprint density at radius 3 is 2.96 bits per heavy atom. The summed E-state index contributed by atoms with van der Waals surface area (Å²) in [5.74, 6) is 2.11. The van der Waals surface area contributed by atoms with Gasteiger partial charge >= 0.3 is 0 Å². The highest BCUT2D eigenvalue weighted by atomic mass is 35.5.